The van der Waals surface area contributed by atoms with Crippen molar-refractivity contribution in [1.82, 2.24) is 9.88 Å². The van der Waals surface area contributed by atoms with E-state index in [1.54, 1.807) is 0 Å². The molecular weight excluding hydrogens is 448 g/mol. The Balaban J connectivity index is 1.74. The molecule has 0 saturated carbocycles. The van der Waals surface area contributed by atoms with Gasteiger partial charge in [-0.2, -0.15) is 13.2 Å². The highest BCUT2D eigenvalue weighted by molar-refractivity contribution is 7.90. The number of hydrogen-bond donors (Lipinski definition) is 0. The first kappa shape index (κ1) is 21.9. The highest BCUT2D eigenvalue weighted by Gasteiger charge is 2.35. The van der Waals surface area contributed by atoms with Crippen molar-refractivity contribution in [2.24, 2.45) is 0 Å². The molecule has 1 aromatic heterocycles. The van der Waals surface area contributed by atoms with E-state index in [2.05, 4.69) is 4.98 Å². The summed E-state index contributed by atoms with van der Waals surface area (Å²) in [6.45, 7) is -0.0447. The molecule has 0 N–H and O–H groups in total. The number of carbonyl (C=O) groups is 1. The second-order valence-electron chi connectivity index (χ2n) is 7.48. The van der Waals surface area contributed by atoms with Crippen LogP contribution in [0.3, 0.4) is 0 Å². The summed E-state index contributed by atoms with van der Waals surface area (Å²) in [5.74, 6) is -1.03. The Morgan fingerprint density at radius 1 is 1.00 bits per heavy atom. The molecule has 5 nitrogen and oxygen atoms in total. The summed E-state index contributed by atoms with van der Waals surface area (Å²) >= 11 is 0. The van der Waals surface area contributed by atoms with Crippen LogP contribution in [0.15, 0.2) is 59.6 Å². The Hall–Kier alpha value is -3.27. The summed E-state index contributed by atoms with van der Waals surface area (Å²) in [5.41, 5.74) is 0.685. The molecule has 1 amide bonds. The van der Waals surface area contributed by atoms with Gasteiger partial charge in [0.2, 0.25) is 0 Å². The lowest BCUT2D eigenvalue weighted by Gasteiger charge is -2.19. The van der Waals surface area contributed by atoms with Crippen LogP contribution in [0.1, 0.15) is 27.2 Å². The van der Waals surface area contributed by atoms with Gasteiger partial charge in [0, 0.05) is 31.1 Å². The van der Waals surface area contributed by atoms with Crippen molar-refractivity contribution in [3.05, 3.63) is 82.9 Å². The zero-order chi connectivity index (χ0) is 23.3. The van der Waals surface area contributed by atoms with Gasteiger partial charge in [-0.25, -0.2) is 12.8 Å². The number of nitrogens with zero attached hydrogens (tertiary/aromatic N) is 2. The Kier molecular flexibility index (Phi) is 5.28. The molecule has 2 heterocycles. The molecule has 0 fully saturated rings. The van der Waals surface area contributed by atoms with Gasteiger partial charge in [0.05, 0.1) is 4.90 Å². The number of fused-ring (bicyclic) bond motifs is 1. The number of halogens is 4. The predicted octanol–water partition coefficient (Wildman–Crippen LogP) is 4.47. The molecule has 32 heavy (non-hydrogen) atoms. The number of pyridine rings is 1. The van der Waals surface area contributed by atoms with Crippen molar-refractivity contribution in [2.75, 3.05) is 6.26 Å². The zero-order valence-electron chi connectivity index (χ0n) is 16.6. The van der Waals surface area contributed by atoms with Gasteiger partial charge in [-0.1, -0.05) is 18.2 Å². The molecule has 1 aliphatic rings. The van der Waals surface area contributed by atoms with Gasteiger partial charge < -0.3 is 4.90 Å². The quantitative estimate of drug-likeness (QED) is 0.537. The molecule has 0 bridgehead atoms. The summed E-state index contributed by atoms with van der Waals surface area (Å²) < 4.78 is 76.4. The van der Waals surface area contributed by atoms with Gasteiger partial charge in [-0.05, 0) is 52.6 Å². The molecule has 2 aromatic carbocycles. The number of rotatable bonds is 3. The molecule has 0 radical (unpaired) electrons. The van der Waals surface area contributed by atoms with E-state index in [-0.39, 0.29) is 23.5 Å². The van der Waals surface area contributed by atoms with Gasteiger partial charge in [-0.15, -0.1) is 0 Å². The van der Waals surface area contributed by atoms with Gasteiger partial charge in [0.15, 0.2) is 9.84 Å². The van der Waals surface area contributed by atoms with E-state index in [1.165, 1.54) is 47.4 Å². The van der Waals surface area contributed by atoms with Crippen LogP contribution in [-0.4, -0.2) is 30.5 Å². The van der Waals surface area contributed by atoms with Crippen molar-refractivity contribution < 1.29 is 30.8 Å². The zero-order valence-corrected chi connectivity index (χ0v) is 17.5. The molecule has 1 aliphatic heterocycles. The average molecular weight is 464 g/mol. The van der Waals surface area contributed by atoms with E-state index in [9.17, 15) is 30.8 Å². The first-order chi connectivity index (χ1) is 14.9. The number of alkyl halides is 3. The summed E-state index contributed by atoms with van der Waals surface area (Å²) in [6, 6.07) is 10.3. The van der Waals surface area contributed by atoms with Crippen LogP contribution < -0.4 is 0 Å². The van der Waals surface area contributed by atoms with Crippen LogP contribution >= 0.6 is 0 Å². The van der Waals surface area contributed by atoms with Crippen LogP contribution in [0.4, 0.5) is 17.6 Å². The van der Waals surface area contributed by atoms with Crippen LogP contribution in [0.2, 0.25) is 0 Å². The normalized spacial score (nSPS) is 13.8. The van der Waals surface area contributed by atoms with Crippen LogP contribution in [0.25, 0.3) is 11.1 Å². The van der Waals surface area contributed by atoms with Crippen molar-refractivity contribution >= 4 is 15.7 Å². The second-order valence-corrected chi connectivity index (χ2v) is 9.50. The lowest BCUT2D eigenvalue weighted by atomic mass is 9.98. The van der Waals surface area contributed by atoms with E-state index in [0.717, 1.165) is 18.5 Å². The summed E-state index contributed by atoms with van der Waals surface area (Å²) in [6.07, 6.45) is -2.50. The minimum atomic E-state index is -4.61. The highest BCUT2D eigenvalue weighted by atomic mass is 32.2. The number of carbonyl (C=O) groups excluding carboxylic acids is 1. The molecule has 0 aliphatic carbocycles. The lowest BCUT2D eigenvalue weighted by Crippen LogP contribution is -2.26. The molecule has 0 spiro atoms. The van der Waals surface area contributed by atoms with Crippen LogP contribution in [0.5, 0.6) is 0 Å². The molecule has 0 saturated heterocycles. The largest absolute Gasteiger partial charge is 0.433 e. The lowest BCUT2D eigenvalue weighted by molar-refractivity contribution is -0.141. The van der Waals surface area contributed by atoms with Crippen LogP contribution in [-0.2, 0) is 29.1 Å². The van der Waals surface area contributed by atoms with Gasteiger partial charge >= 0.3 is 6.18 Å². The maximum atomic E-state index is 13.4. The Bertz CT molecular complexity index is 1320. The number of sulfone groups is 1. The van der Waals surface area contributed by atoms with Gasteiger partial charge in [0.25, 0.3) is 5.91 Å². The standard InChI is InChI=1S/C22H16F4N2O3S/c1-32(30,31)17-6-7-18(13-2-4-16(23)5-3-13)19(9-17)21(29)28-11-14-8-20(22(24,25)26)27-10-15(14)12-28/h2-10H,11-12H2,1H3. The molecule has 3 aromatic rings. The van der Waals surface area contributed by atoms with E-state index >= 15 is 0 Å². The van der Waals surface area contributed by atoms with Crippen molar-refractivity contribution in [3.8, 4) is 11.1 Å². The topological polar surface area (TPSA) is 67.3 Å². The monoisotopic (exact) mass is 464 g/mol. The number of benzene rings is 2. The van der Waals surface area contributed by atoms with Crippen molar-refractivity contribution in [3.63, 3.8) is 0 Å². The van der Waals surface area contributed by atoms with Gasteiger partial charge in [-0.3, -0.25) is 9.78 Å². The first-order valence-electron chi connectivity index (χ1n) is 9.38. The van der Waals surface area contributed by atoms with Crippen molar-refractivity contribution in [2.45, 2.75) is 24.2 Å². The van der Waals surface area contributed by atoms with E-state index in [1.807, 2.05) is 0 Å². The maximum Gasteiger partial charge on any atom is 0.433 e. The fraction of sp³-hybridized carbons (Fsp3) is 0.182. The molecule has 0 atom stereocenters. The maximum absolute atomic E-state index is 13.4. The summed E-state index contributed by atoms with van der Waals surface area (Å²) in [7, 11) is -3.63. The summed E-state index contributed by atoms with van der Waals surface area (Å²) in [5, 5.41) is 0. The van der Waals surface area contributed by atoms with E-state index in [4.69, 9.17) is 0 Å². The molecule has 0 unspecified atom stereocenters. The first-order valence-corrected chi connectivity index (χ1v) is 11.3. The fourth-order valence-corrected chi connectivity index (χ4v) is 4.21. The Morgan fingerprint density at radius 3 is 2.28 bits per heavy atom. The third-order valence-electron chi connectivity index (χ3n) is 5.19. The van der Waals surface area contributed by atoms with Crippen molar-refractivity contribution in [1.29, 1.82) is 0 Å². The summed E-state index contributed by atoms with van der Waals surface area (Å²) in [4.78, 5) is 18.0. The van der Waals surface area contributed by atoms with Crippen LogP contribution in [0, 0.1) is 5.82 Å². The van der Waals surface area contributed by atoms with E-state index in [0.29, 0.717) is 22.3 Å². The molecule has 10 heteroatoms. The predicted molar refractivity (Wildman–Crippen MR) is 108 cm³/mol. The Labute approximate surface area is 181 Å². The Morgan fingerprint density at radius 2 is 1.66 bits per heavy atom. The minimum Gasteiger partial charge on any atom is -0.330 e. The number of hydrogen-bond acceptors (Lipinski definition) is 4. The number of aromatic nitrogens is 1. The fourth-order valence-electron chi connectivity index (χ4n) is 3.56. The SMILES string of the molecule is CS(=O)(=O)c1ccc(-c2ccc(F)cc2)c(C(=O)N2Cc3cnc(C(F)(F)F)cc3C2)c1. The smallest absolute Gasteiger partial charge is 0.330 e. The molecular formula is C22H16F4N2O3S. The molecule has 166 valence electrons. The minimum absolute atomic E-state index is 0.0330. The third-order valence-corrected chi connectivity index (χ3v) is 6.30. The van der Waals surface area contributed by atoms with Gasteiger partial charge in [0.1, 0.15) is 11.5 Å². The average Bonchev–Trinajstić information content (AvgIpc) is 3.15. The van der Waals surface area contributed by atoms with E-state index < -0.39 is 33.4 Å². The second kappa shape index (κ2) is 7.70. The molecule has 4 rings (SSSR count). The highest BCUT2D eigenvalue weighted by Crippen LogP contribution is 2.33. The number of amides is 1. The third kappa shape index (κ3) is 4.22.